The lowest BCUT2D eigenvalue weighted by atomic mass is 10.1. The Balaban J connectivity index is 1.49. The number of fused-ring (bicyclic) bond motifs is 1. The Morgan fingerprint density at radius 3 is 2.59 bits per heavy atom. The number of benzene rings is 2. The molecule has 0 saturated carbocycles. The minimum atomic E-state index is -0.531. The third-order valence-electron chi connectivity index (χ3n) is 4.58. The van der Waals surface area contributed by atoms with E-state index in [9.17, 15) is 19.2 Å². The highest BCUT2D eigenvalue weighted by Gasteiger charge is 2.31. The first kappa shape index (κ1) is 18.9. The van der Waals surface area contributed by atoms with Crippen LogP contribution in [-0.2, 0) is 11.2 Å². The molecule has 1 atom stereocenters. The Hall–Kier alpha value is -3.39. The monoisotopic (exact) mass is 408 g/mol. The predicted molar refractivity (Wildman–Crippen MR) is 110 cm³/mol. The molecule has 2 heterocycles. The van der Waals surface area contributed by atoms with Gasteiger partial charge in [-0.3, -0.25) is 24.5 Å². The van der Waals surface area contributed by atoms with E-state index in [1.165, 1.54) is 6.07 Å². The highest BCUT2D eigenvalue weighted by atomic mass is 32.2. The molecule has 0 spiro atoms. The summed E-state index contributed by atoms with van der Waals surface area (Å²) in [6, 6.07) is 13.3. The number of para-hydroxylation sites is 1. The zero-order valence-electron chi connectivity index (χ0n) is 15.4. The molecule has 4 rings (SSSR count). The largest absolute Gasteiger partial charge is 0.450 e. The number of thioether (sulfide) groups is 1. The van der Waals surface area contributed by atoms with Gasteiger partial charge in [-0.05, 0) is 42.7 Å². The molecule has 2 aromatic carbocycles. The minimum Gasteiger partial charge on any atom is -0.450 e. The quantitative estimate of drug-likeness (QED) is 0.687. The van der Waals surface area contributed by atoms with E-state index in [0.717, 1.165) is 22.9 Å². The zero-order valence-corrected chi connectivity index (χ0v) is 16.2. The highest BCUT2D eigenvalue weighted by molar-refractivity contribution is 8.15. The molecule has 2 N–H and O–H groups in total. The SMILES string of the molecule is Cc1cccc2c(=O)cc(C(=O)Nc3ccc(CC4SC(=O)NC4=O)cc3)oc12. The zero-order chi connectivity index (χ0) is 20.5. The lowest BCUT2D eigenvalue weighted by molar-refractivity contribution is -0.118. The summed E-state index contributed by atoms with van der Waals surface area (Å²) in [5.41, 5.74) is 2.26. The van der Waals surface area contributed by atoms with Crippen molar-refractivity contribution < 1.29 is 18.8 Å². The molecular weight excluding hydrogens is 392 g/mol. The van der Waals surface area contributed by atoms with Crippen molar-refractivity contribution in [3.05, 3.63) is 75.6 Å². The first-order valence-electron chi connectivity index (χ1n) is 8.86. The highest BCUT2D eigenvalue weighted by Crippen LogP contribution is 2.24. The van der Waals surface area contributed by atoms with E-state index in [1.807, 2.05) is 13.0 Å². The van der Waals surface area contributed by atoms with Crippen molar-refractivity contribution in [3.63, 3.8) is 0 Å². The van der Waals surface area contributed by atoms with E-state index in [-0.39, 0.29) is 22.3 Å². The van der Waals surface area contributed by atoms with Crippen LogP contribution in [-0.4, -0.2) is 22.3 Å². The van der Waals surface area contributed by atoms with E-state index < -0.39 is 11.2 Å². The number of rotatable bonds is 4. The Morgan fingerprint density at radius 1 is 1.14 bits per heavy atom. The maximum Gasteiger partial charge on any atom is 0.291 e. The van der Waals surface area contributed by atoms with Crippen molar-refractivity contribution in [1.82, 2.24) is 5.32 Å². The second kappa shape index (κ2) is 7.56. The second-order valence-corrected chi connectivity index (χ2v) is 7.84. The maximum absolute atomic E-state index is 12.5. The lowest BCUT2D eigenvalue weighted by Crippen LogP contribution is -2.25. The number of carbonyl (C=O) groups excluding carboxylic acids is 3. The second-order valence-electron chi connectivity index (χ2n) is 6.66. The van der Waals surface area contributed by atoms with E-state index >= 15 is 0 Å². The number of aryl methyl sites for hydroxylation is 1. The molecule has 1 aliphatic heterocycles. The van der Waals surface area contributed by atoms with Crippen molar-refractivity contribution in [2.45, 2.75) is 18.6 Å². The van der Waals surface area contributed by atoms with Gasteiger partial charge in [-0.15, -0.1) is 0 Å². The van der Waals surface area contributed by atoms with Gasteiger partial charge in [0, 0.05) is 11.8 Å². The van der Waals surface area contributed by atoms with Gasteiger partial charge in [0.25, 0.3) is 11.1 Å². The lowest BCUT2D eigenvalue weighted by Gasteiger charge is -2.09. The van der Waals surface area contributed by atoms with Gasteiger partial charge >= 0.3 is 0 Å². The molecule has 1 aromatic heterocycles. The predicted octanol–water partition coefficient (Wildman–Crippen LogP) is 3.25. The maximum atomic E-state index is 12.5. The van der Waals surface area contributed by atoms with Crippen LogP contribution in [0.1, 0.15) is 21.7 Å². The summed E-state index contributed by atoms with van der Waals surface area (Å²) in [5, 5.41) is 4.60. The van der Waals surface area contributed by atoms with Crippen LogP contribution in [0, 0.1) is 6.92 Å². The van der Waals surface area contributed by atoms with Crippen molar-refractivity contribution in [2.24, 2.45) is 0 Å². The molecule has 1 fully saturated rings. The molecule has 3 aromatic rings. The number of nitrogens with one attached hydrogen (secondary N) is 2. The van der Waals surface area contributed by atoms with Gasteiger partial charge in [0.05, 0.1) is 10.6 Å². The summed E-state index contributed by atoms with van der Waals surface area (Å²) in [6.45, 7) is 1.81. The molecule has 3 amide bonds. The third-order valence-corrected chi connectivity index (χ3v) is 5.56. The smallest absolute Gasteiger partial charge is 0.291 e. The van der Waals surface area contributed by atoms with Crippen LogP contribution in [0.4, 0.5) is 10.5 Å². The summed E-state index contributed by atoms with van der Waals surface area (Å²) >= 11 is 0.973. The van der Waals surface area contributed by atoms with Crippen LogP contribution in [0.25, 0.3) is 11.0 Å². The minimum absolute atomic E-state index is 0.0709. The standard InChI is InChI=1S/C21H16N2O5S/c1-11-3-2-4-14-15(24)10-16(28-18(11)14)19(25)22-13-7-5-12(6-8-13)9-17-20(26)23-21(27)29-17/h2-8,10,17H,9H2,1H3,(H,22,25)(H,23,26,27). The first-order chi connectivity index (χ1) is 13.9. The summed E-state index contributed by atoms with van der Waals surface area (Å²) in [7, 11) is 0. The van der Waals surface area contributed by atoms with Crippen LogP contribution in [0.15, 0.2) is 57.7 Å². The average Bonchev–Trinajstić information content (AvgIpc) is 3.01. The third kappa shape index (κ3) is 3.93. The van der Waals surface area contributed by atoms with Crippen LogP contribution >= 0.6 is 11.8 Å². The van der Waals surface area contributed by atoms with Crippen molar-refractivity contribution in [1.29, 1.82) is 0 Å². The van der Waals surface area contributed by atoms with E-state index in [0.29, 0.717) is 23.1 Å². The van der Waals surface area contributed by atoms with Gasteiger partial charge in [-0.1, -0.05) is 36.0 Å². The molecule has 1 saturated heterocycles. The number of anilines is 1. The van der Waals surface area contributed by atoms with Gasteiger partial charge in [0.2, 0.25) is 5.91 Å². The van der Waals surface area contributed by atoms with Gasteiger partial charge in [0.15, 0.2) is 11.2 Å². The van der Waals surface area contributed by atoms with Crippen molar-refractivity contribution >= 4 is 45.5 Å². The van der Waals surface area contributed by atoms with Crippen LogP contribution in [0.3, 0.4) is 0 Å². The number of hydrogen-bond donors (Lipinski definition) is 2. The topological polar surface area (TPSA) is 105 Å². The van der Waals surface area contributed by atoms with Gasteiger partial charge in [-0.25, -0.2) is 0 Å². The van der Waals surface area contributed by atoms with Crippen LogP contribution in [0.2, 0.25) is 0 Å². The molecule has 7 nitrogen and oxygen atoms in total. The molecule has 0 aliphatic carbocycles. The van der Waals surface area contributed by atoms with Crippen LogP contribution < -0.4 is 16.1 Å². The Labute approximate surface area is 169 Å². The van der Waals surface area contributed by atoms with Gasteiger partial charge in [-0.2, -0.15) is 0 Å². The average molecular weight is 408 g/mol. The summed E-state index contributed by atoms with van der Waals surface area (Å²) in [5.74, 6) is -0.895. The van der Waals surface area contributed by atoms with Crippen LogP contribution in [0.5, 0.6) is 0 Å². The Kier molecular flexibility index (Phi) is 4.94. The number of hydrogen-bond acceptors (Lipinski definition) is 6. The Bertz CT molecular complexity index is 1200. The molecular formula is C21H16N2O5S. The van der Waals surface area contributed by atoms with Gasteiger partial charge < -0.3 is 9.73 Å². The molecule has 146 valence electrons. The molecule has 1 unspecified atom stereocenters. The fourth-order valence-electron chi connectivity index (χ4n) is 3.09. The molecule has 0 radical (unpaired) electrons. The van der Waals surface area contributed by atoms with E-state index in [4.69, 9.17) is 4.42 Å². The van der Waals surface area contributed by atoms with Crippen molar-refractivity contribution in [3.8, 4) is 0 Å². The fourth-order valence-corrected chi connectivity index (χ4v) is 3.95. The fraction of sp³-hybridized carbons (Fsp3) is 0.143. The Morgan fingerprint density at radius 2 is 1.90 bits per heavy atom. The normalized spacial score (nSPS) is 16.1. The van der Waals surface area contributed by atoms with Crippen molar-refractivity contribution in [2.75, 3.05) is 5.32 Å². The molecule has 29 heavy (non-hydrogen) atoms. The van der Waals surface area contributed by atoms with Gasteiger partial charge in [0.1, 0.15) is 5.58 Å². The number of imide groups is 1. The van der Waals surface area contributed by atoms with E-state index in [1.54, 1.807) is 36.4 Å². The summed E-state index contributed by atoms with van der Waals surface area (Å²) in [6.07, 6.45) is 0.412. The number of carbonyl (C=O) groups is 3. The number of amides is 3. The van der Waals surface area contributed by atoms with E-state index in [2.05, 4.69) is 10.6 Å². The molecule has 1 aliphatic rings. The molecule has 0 bridgehead atoms. The molecule has 8 heteroatoms. The first-order valence-corrected chi connectivity index (χ1v) is 9.74. The summed E-state index contributed by atoms with van der Waals surface area (Å²) in [4.78, 5) is 47.7. The summed E-state index contributed by atoms with van der Waals surface area (Å²) < 4.78 is 5.65.